The van der Waals surface area contributed by atoms with E-state index in [9.17, 15) is 22.0 Å². The standard InChI is InChI=1S/C11H5ClF5N3/c12-7-4-8(20-10(18-7)11(15,16)17)19-9-5(13)2-1-3-6(9)14/h1-4H,(H,18,19,20). The van der Waals surface area contributed by atoms with Gasteiger partial charge in [0.2, 0.25) is 5.82 Å². The van der Waals surface area contributed by atoms with E-state index < -0.39 is 40.3 Å². The molecule has 1 aromatic carbocycles. The Bertz CT molecular complexity index is 624. The van der Waals surface area contributed by atoms with Crippen molar-refractivity contribution in [1.29, 1.82) is 0 Å². The highest BCUT2D eigenvalue weighted by molar-refractivity contribution is 6.29. The van der Waals surface area contributed by atoms with Crippen LogP contribution in [0.4, 0.5) is 33.5 Å². The summed E-state index contributed by atoms with van der Waals surface area (Å²) in [7, 11) is 0. The van der Waals surface area contributed by atoms with E-state index in [1.54, 1.807) is 0 Å². The smallest absolute Gasteiger partial charge is 0.335 e. The molecule has 0 fully saturated rings. The van der Waals surface area contributed by atoms with Crippen molar-refractivity contribution in [2.75, 3.05) is 5.32 Å². The van der Waals surface area contributed by atoms with Gasteiger partial charge in [-0.15, -0.1) is 0 Å². The first-order chi connectivity index (χ1) is 9.27. The summed E-state index contributed by atoms with van der Waals surface area (Å²) in [6, 6.07) is 3.92. The van der Waals surface area contributed by atoms with Crippen LogP contribution in [-0.4, -0.2) is 9.97 Å². The minimum absolute atomic E-state index is 0.471. The van der Waals surface area contributed by atoms with E-state index in [4.69, 9.17) is 11.6 Å². The maximum Gasteiger partial charge on any atom is 0.451 e. The normalized spacial score (nSPS) is 11.5. The molecule has 3 nitrogen and oxygen atoms in total. The fourth-order valence-corrected chi connectivity index (χ4v) is 1.54. The van der Waals surface area contributed by atoms with Gasteiger partial charge in [0, 0.05) is 6.07 Å². The summed E-state index contributed by atoms with van der Waals surface area (Å²) in [6.45, 7) is 0. The quantitative estimate of drug-likeness (QED) is 0.668. The van der Waals surface area contributed by atoms with Gasteiger partial charge in [-0.1, -0.05) is 17.7 Å². The van der Waals surface area contributed by atoms with Crippen LogP contribution in [0.15, 0.2) is 24.3 Å². The van der Waals surface area contributed by atoms with Crippen LogP contribution in [-0.2, 0) is 6.18 Å². The first-order valence-corrected chi connectivity index (χ1v) is 5.48. The molecule has 0 radical (unpaired) electrons. The van der Waals surface area contributed by atoms with Crippen LogP contribution in [0.25, 0.3) is 0 Å². The van der Waals surface area contributed by atoms with Crippen LogP contribution in [0, 0.1) is 11.6 Å². The number of nitrogens with one attached hydrogen (secondary N) is 1. The van der Waals surface area contributed by atoms with Crippen LogP contribution < -0.4 is 5.32 Å². The zero-order valence-electron chi connectivity index (χ0n) is 9.47. The second kappa shape index (κ2) is 5.20. The molecule has 9 heteroatoms. The number of alkyl halides is 3. The van der Waals surface area contributed by atoms with Gasteiger partial charge < -0.3 is 5.32 Å². The Balaban J connectivity index is 2.42. The van der Waals surface area contributed by atoms with Gasteiger partial charge in [0.25, 0.3) is 0 Å². The van der Waals surface area contributed by atoms with E-state index in [0.29, 0.717) is 0 Å². The summed E-state index contributed by atoms with van der Waals surface area (Å²) >= 11 is 5.42. The van der Waals surface area contributed by atoms with E-state index in [-0.39, 0.29) is 0 Å². The molecule has 0 saturated heterocycles. The third-order valence-corrected chi connectivity index (χ3v) is 2.36. The Morgan fingerprint density at radius 3 is 2.20 bits per heavy atom. The largest absolute Gasteiger partial charge is 0.451 e. The van der Waals surface area contributed by atoms with Gasteiger partial charge in [0.15, 0.2) is 0 Å². The molecule has 0 amide bonds. The van der Waals surface area contributed by atoms with Gasteiger partial charge in [-0.25, -0.2) is 18.7 Å². The number of halogens is 6. The fourth-order valence-electron chi connectivity index (χ4n) is 1.35. The molecule has 2 aromatic rings. The maximum absolute atomic E-state index is 13.4. The number of hydrogen-bond donors (Lipinski definition) is 1. The summed E-state index contributed by atoms with van der Waals surface area (Å²) < 4.78 is 64.2. The molecular weight excluding hydrogens is 305 g/mol. The van der Waals surface area contributed by atoms with E-state index in [1.807, 2.05) is 0 Å². The van der Waals surface area contributed by atoms with Gasteiger partial charge in [-0.3, -0.25) is 0 Å². The van der Waals surface area contributed by atoms with Gasteiger partial charge in [-0.05, 0) is 12.1 Å². The van der Waals surface area contributed by atoms with Crippen molar-refractivity contribution in [3.05, 3.63) is 46.9 Å². The lowest BCUT2D eigenvalue weighted by Gasteiger charge is -2.10. The van der Waals surface area contributed by atoms with Crippen LogP contribution >= 0.6 is 11.6 Å². The number of nitrogens with zero attached hydrogens (tertiary/aromatic N) is 2. The maximum atomic E-state index is 13.4. The molecular formula is C11H5ClF5N3. The average molecular weight is 310 g/mol. The molecule has 0 bridgehead atoms. The minimum Gasteiger partial charge on any atom is -0.335 e. The Labute approximate surface area is 114 Å². The predicted molar refractivity (Wildman–Crippen MR) is 61.7 cm³/mol. The number of hydrogen-bond acceptors (Lipinski definition) is 3. The summed E-state index contributed by atoms with van der Waals surface area (Å²) in [4.78, 5) is 6.11. The molecule has 0 unspecified atom stereocenters. The highest BCUT2D eigenvalue weighted by Gasteiger charge is 2.35. The van der Waals surface area contributed by atoms with Crippen LogP contribution in [0.3, 0.4) is 0 Å². The molecule has 0 saturated carbocycles. The molecule has 20 heavy (non-hydrogen) atoms. The highest BCUT2D eigenvalue weighted by Crippen LogP contribution is 2.29. The SMILES string of the molecule is Fc1cccc(F)c1Nc1cc(Cl)nc(C(F)(F)F)n1. The Hall–Kier alpha value is -1.96. The predicted octanol–water partition coefficient (Wildman–Crippen LogP) is 4.17. The molecule has 0 atom stereocenters. The van der Waals surface area contributed by atoms with Crippen molar-refractivity contribution >= 4 is 23.1 Å². The van der Waals surface area contributed by atoms with Gasteiger partial charge >= 0.3 is 6.18 Å². The van der Waals surface area contributed by atoms with Gasteiger partial charge in [-0.2, -0.15) is 13.2 Å². The molecule has 0 spiro atoms. The van der Waals surface area contributed by atoms with E-state index in [0.717, 1.165) is 24.3 Å². The molecule has 0 aliphatic rings. The molecule has 0 aliphatic heterocycles. The minimum atomic E-state index is -4.82. The number of rotatable bonds is 2. The van der Waals surface area contributed by atoms with Gasteiger partial charge in [0.05, 0.1) is 0 Å². The number of aromatic nitrogens is 2. The number of benzene rings is 1. The molecule has 0 aliphatic carbocycles. The molecule has 1 heterocycles. The Morgan fingerprint density at radius 2 is 1.65 bits per heavy atom. The third kappa shape index (κ3) is 3.13. The number of para-hydroxylation sites is 1. The van der Waals surface area contributed by atoms with Crippen molar-refractivity contribution in [2.24, 2.45) is 0 Å². The van der Waals surface area contributed by atoms with E-state index in [2.05, 4.69) is 15.3 Å². The van der Waals surface area contributed by atoms with Gasteiger partial charge in [0.1, 0.15) is 28.3 Å². The van der Waals surface area contributed by atoms with E-state index >= 15 is 0 Å². The van der Waals surface area contributed by atoms with Crippen molar-refractivity contribution in [3.8, 4) is 0 Å². The first-order valence-electron chi connectivity index (χ1n) is 5.10. The zero-order chi connectivity index (χ0) is 14.9. The third-order valence-electron chi connectivity index (χ3n) is 2.16. The molecule has 106 valence electrons. The van der Waals surface area contributed by atoms with Crippen molar-refractivity contribution in [3.63, 3.8) is 0 Å². The molecule has 2 rings (SSSR count). The topological polar surface area (TPSA) is 37.8 Å². The average Bonchev–Trinajstić information content (AvgIpc) is 2.32. The molecule has 1 aromatic heterocycles. The summed E-state index contributed by atoms with van der Waals surface area (Å²) in [5.41, 5.74) is -0.629. The Morgan fingerprint density at radius 1 is 1.05 bits per heavy atom. The summed E-state index contributed by atoms with van der Waals surface area (Å²) in [5.74, 6) is -3.94. The van der Waals surface area contributed by atoms with Crippen LogP contribution in [0.1, 0.15) is 5.82 Å². The summed E-state index contributed by atoms with van der Waals surface area (Å²) in [6.07, 6.45) is -4.82. The van der Waals surface area contributed by atoms with Crippen molar-refractivity contribution < 1.29 is 22.0 Å². The van der Waals surface area contributed by atoms with Crippen LogP contribution in [0.2, 0.25) is 5.15 Å². The zero-order valence-corrected chi connectivity index (χ0v) is 10.2. The second-order valence-corrected chi connectivity index (χ2v) is 4.01. The Kier molecular flexibility index (Phi) is 3.76. The molecule has 1 N–H and O–H groups in total. The highest BCUT2D eigenvalue weighted by atomic mass is 35.5. The lowest BCUT2D eigenvalue weighted by Crippen LogP contribution is -2.12. The first kappa shape index (κ1) is 14.4. The lowest BCUT2D eigenvalue weighted by molar-refractivity contribution is -0.144. The van der Waals surface area contributed by atoms with Crippen molar-refractivity contribution in [2.45, 2.75) is 6.18 Å². The van der Waals surface area contributed by atoms with E-state index in [1.165, 1.54) is 0 Å². The monoisotopic (exact) mass is 309 g/mol. The second-order valence-electron chi connectivity index (χ2n) is 3.62. The van der Waals surface area contributed by atoms with Crippen LogP contribution in [0.5, 0.6) is 0 Å². The fraction of sp³-hybridized carbons (Fsp3) is 0.0909. The number of anilines is 2. The van der Waals surface area contributed by atoms with Crippen molar-refractivity contribution in [1.82, 2.24) is 9.97 Å². The summed E-state index contributed by atoms with van der Waals surface area (Å²) in [5, 5.41) is 1.60. The lowest BCUT2D eigenvalue weighted by atomic mass is 10.3.